The molecule has 1 heterocycles. The van der Waals surface area contributed by atoms with Crippen molar-refractivity contribution in [2.45, 2.75) is 45.2 Å². The molecular weight excluding hydrogens is 262 g/mol. The van der Waals surface area contributed by atoms with E-state index >= 15 is 0 Å². The van der Waals surface area contributed by atoms with Crippen LogP contribution in [0.2, 0.25) is 0 Å². The third-order valence-electron chi connectivity index (χ3n) is 3.09. The summed E-state index contributed by atoms with van der Waals surface area (Å²) < 4.78 is 26.9. The predicted octanol–water partition coefficient (Wildman–Crippen LogP) is 2.32. The van der Waals surface area contributed by atoms with Crippen LogP contribution in [0.5, 0.6) is 0 Å². The Bertz CT molecular complexity index is 502. The molecule has 1 rings (SSSR count). The van der Waals surface area contributed by atoms with E-state index in [0.29, 0.717) is 18.8 Å². The molecular formula is C13H23N3O2S. The zero-order valence-corrected chi connectivity index (χ0v) is 12.9. The van der Waals surface area contributed by atoms with Gasteiger partial charge < -0.3 is 5.32 Å². The van der Waals surface area contributed by atoms with E-state index in [0.717, 1.165) is 6.42 Å². The molecule has 1 atom stereocenters. The fourth-order valence-corrected chi connectivity index (χ4v) is 3.75. The number of aromatic nitrogens is 1. The minimum atomic E-state index is -3.56. The van der Waals surface area contributed by atoms with Crippen LogP contribution in [0.4, 0.5) is 5.69 Å². The molecule has 0 saturated heterocycles. The highest BCUT2D eigenvalue weighted by molar-refractivity contribution is 7.89. The summed E-state index contributed by atoms with van der Waals surface area (Å²) in [4.78, 5) is 4.06. The SMILES string of the molecule is CCNc1cccnc1S(=O)(=O)N(CC)C(C)CC. The molecule has 6 heteroatoms. The molecule has 1 aromatic rings. The van der Waals surface area contributed by atoms with E-state index in [-0.39, 0.29) is 11.1 Å². The lowest BCUT2D eigenvalue weighted by Gasteiger charge is -2.26. The number of pyridine rings is 1. The summed E-state index contributed by atoms with van der Waals surface area (Å²) in [5.74, 6) is 0. The molecule has 0 radical (unpaired) electrons. The summed E-state index contributed by atoms with van der Waals surface area (Å²) in [5.41, 5.74) is 0.562. The lowest BCUT2D eigenvalue weighted by molar-refractivity contribution is 0.341. The molecule has 0 saturated carbocycles. The van der Waals surface area contributed by atoms with Gasteiger partial charge in [-0.2, -0.15) is 4.31 Å². The largest absolute Gasteiger partial charge is 0.383 e. The van der Waals surface area contributed by atoms with E-state index in [1.807, 2.05) is 27.7 Å². The third kappa shape index (κ3) is 3.45. The monoisotopic (exact) mass is 285 g/mol. The van der Waals surface area contributed by atoms with Gasteiger partial charge >= 0.3 is 0 Å². The van der Waals surface area contributed by atoms with Crippen LogP contribution in [0.3, 0.4) is 0 Å². The first-order chi connectivity index (χ1) is 8.98. The molecule has 0 spiro atoms. The predicted molar refractivity (Wildman–Crippen MR) is 77.7 cm³/mol. The van der Waals surface area contributed by atoms with Gasteiger partial charge in [-0.3, -0.25) is 0 Å². The summed E-state index contributed by atoms with van der Waals surface area (Å²) >= 11 is 0. The summed E-state index contributed by atoms with van der Waals surface area (Å²) in [6.07, 6.45) is 2.29. The Morgan fingerprint density at radius 3 is 2.58 bits per heavy atom. The van der Waals surface area contributed by atoms with Gasteiger partial charge in [0.05, 0.1) is 5.69 Å². The Morgan fingerprint density at radius 2 is 2.05 bits per heavy atom. The summed E-state index contributed by atoms with van der Waals surface area (Å²) in [7, 11) is -3.56. The highest BCUT2D eigenvalue weighted by Crippen LogP contribution is 2.24. The van der Waals surface area contributed by atoms with Crippen molar-refractivity contribution in [1.29, 1.82) is 0 Å². The second-order valence-electron chi connectivity index (χ2n) is 4.35. The quantitative estimate of drug-likeness (QED) is 0.835. The van der Waals surface area contributed by atoms with Crippen molar-refractivity contribution < 1.29 is 8.42 Å². The normalized spacial score (nSPS) is 13.5. The topological polar surface area (TPSA) is 62.3 Å². The minimum absolute atomic E-state index is 0.0357. The van der Waals surface area contributed by atoms with Gasteiger partial charge in [0.25, 0.3) is 10.0 Å². The molecule has 0 aliphatic heterocycles. The van der Waals surface area contributed by atoms with Crippen LogP contribution in [0, 0.1) is 0 Å². The molecule has 1 unspecified atom stereocenters. The fraction of sp³-hybridized carbons (Fsp3) is 0.615. The van der Waals surface area contributed by atoms with Gasteiger partial charge in [0, 0.05) is 25.3 Å². The first-order valence-electron chi connectivity index (χ1n) is 6.69. The molecule has 0 aliphatic rings. The van der Waals surface area contributed by atoms with Crippen molar-refractivity contribution >= 4 is 15.7 Å². The van der Waals surface area contributed by atoms with Crippen LogP contribution in [-0.2, 0) is 10.0 Å². The average Bonchev–Trinajstić information content (AvgIpc) is 2.39. The number of rotatable bonds is 7. The van der Waals surface area contributed by atoms with Crippen LogP contribution in [-0.4, -0.2) is 36.8 Å². The maximum absolute atomic E-state index is 12.7. The molecule has 1 N–H and O–H groups in total. The lowest BCUT2D eigenvalue weighted by Crippen LogP contribution is -2.38. The Labute approximate surface area is 116 Å². The van der Waals surface area contributed by atoms with Crippen LogP contribution in [0.25, 0.3) is 0 Å². The summed E-state index contributed by atoms with van der Waals surface area (Å²) in [6.45, 7) is 8.77. The Hall–Kier alpha value is -1.14. The van der Waals surface area contributed by atoms with Gasteiger partial charge in [0.1, 0.15) is 0 Å². The first kappa shape index (κ1) is 15.9. The van der Waals surface area contributed by atoms with E-state index in [1.165, 1.54) is 10.5 Å². The second-order valence-corrected chi connectivity index (χ2v) is 6.16. The minimum Gasteiger partial charge on any atom is -0.383 e. The number of sulfonamides is 1. The molecule has 0 aliphatic carbocycles. The van der Waals surface area contributed by atoms with Gasteiger partial charge in [-0.15, -0.1) is 0 Å². The molecule has 0 amide bonds. The van der Waals surface area contributed by atoms with Crippen molar-refractivity contribution in [2.24, 2.45) is 0 Å². The number of hydrogen-bond acceptors (Lipinski definition) is 4. The highest BCUT2D eigenvalue weighted by Gasteiger charge is 2.30. The van der Waals surface area contributed by atoms with Crippen LogP contribution >= 0.6 is 0 Å². The molecule has 1 aromatic heterocycles. The number of nitrogens with zero attached hydrogens (tertiary/aromatic N) is 2. The van der Waals surface area contributed by atoms with E-state index in [9.17, 15) is 8.42 Å². The summed E-state index contributed by atoms with van der Waals surface area (Å²) in [5, 5.41) is 3.16. The van der Waals surface area contributed by atoms with Crippen molar-refractivity contribution in [3.63, 3.8) is 0 Å². The smallest absolute Gasteiger partial charge is 0.262 e. The standard InChI is InChI=1S/C13H23N3O2S/c1-5-11(4)16(7-3)19(17,18)13-12(14-6-2)9-8-10-15-13/h8-11,14H,5-7H2,1-4H3. The Morgan fingerprint density at radius 1 is 1.37 bits per heavy atom. The van der Waals surface area contributed by atoms with E-state index in [1.54, 1.807) is 12.1 Å². The summed E-state index contributed by atoms with van der Waals surface area (Å²) in [6, 6.07) is 3.44. The van der Waals surface area contributed by atoms with Gasteiger partial charge in [-0.25, -0.2) is 13.4 Å². The van der Waals surface area contributed by atoms with Gasteiger partial charge in [0.2, 0.25) is 0 Å². The van der Waals surface area contributed by atoms with Crippen molar-refractivity contribution in [3.05, 3.63) is 18.3 Å². The Kier molecular flexibility index (Phi) is 5.75. The van der Waals surface area contributed by atoms with E-state index in [2.05, 4.69) is 10.3 Å². The third-order valence-corrected chi connectivity index (χ3v) is 5.14. The molecule has 0 bridgehead atoms. The van der Waals surface area contributed by atoms with Crippen molar-refractivity contribution in [1.82, 2.24) is 9.29 Å². The zero-order chi connectivity index (χ0) is 14.5. The van der Waals surface area contributed by atoms with Crippen LogP contribution in [0.1, 0.15) is 34.1 Å². The molecule has 19 heavy (non-hydrogen) atoms. The molecule has 0 aromatic carbocycles. The van der Waals surface area contributed by atoms with Gasteiger partial charge in [0.15, 0.2) is 5.03 Å². The van der Waals surface area contributed by atoms with Crippen LogP contribution < -0.4 is 5.32 Å². The highest BCUT2D eigenvalue weighted by atomic mass is 32.2. The molecule has 108 valence electrons. The van der Waals surface area contributed by atoms with Crippen LogP contribution in [0.15, 0.2) is 23.4 Å². The van der Waals surface area contributed by atoms with Gasteiger partial charge in [-0.05, 0) is 32.4 Å². The first-order valence-corrected chi connectivity index (χ1v) is 8.13. The van der Waals surface area contributed by atoms with E-state index < -0.39 is 10.0 Å². The molecule has 0 fully saturated rings. The number of nitrogens with one attached hydrogen (secondary N) is 1. The van der Waals surface area contributed by atoms with E-state index in [4.69, 9.17) is 0 Å². The zero-order valence-electron chi connectivity index (χ0n) is 12.0. The Balaban J connectivity index is 3.25. The molecule has 5 nitrogen and oxygen atoms in total. The number of hydrogen-bond donors (Lipinski definition) is 1. The van der Waals surface area contributed by atoms with Crippen molar-refractivity contribution in [2.75, 3.05) is 18.4 Å². The lowest BCUT2D eigenvalue weighted by atomic mass is 10.3. The number of anilines is 1. The van der Waals surface area contributed by atoms with Gasteiger partial charge in [-0.1, -0.05) is 13.8 Å². The maximum atomic E-state index is 12.7. The fourth-order valence-electron chi connectivity index (χ4n) is 1.95. The second kappa shape index (κ2) is 6.86. The van der Waals surface area contributed by atoms with Crippen molar-refractivity contribution in [3.8, 4) is 0 Å². The average molecular weight is 285 g/mol. The maximum Gasteiger partial charge on any atom is 0.262 e.